The van der Waals surface area contributed by atoms with Crippen molar-refractivity contribution >= 4 is 0 Å². The molecule has 0 N–H and O–H groups in total. The molecule has 0 spiro atoms. The van der Waals surface area contributed by atoms with Crippen LogP contribution in [0, 0.1) is 20.8 Å². The zero-order chi connectivity index (χ0) is 12.3. The van der Waals surface area contributed by atoms with Crippen LogP contribution in [0.3, 0.4) is 0 Å². The first-order valence-electron chi connectivity index (χ1n) is 5.78. The molecule has 0 bridgehead atoms. The Balaban J connectivity index is 2.09. The maximum atomic E-state index is 5.80. The molecule has 88 valence electrons. The predicted molar refractivity (Wildman–Crippen MR) is 69.2 cm³/mol. The minimum absolute atomic E-state index is 0.520. The summed E-state index contributed by atoms with van der Waals surface area (Å²) < 4.78 is 5.80. The predicted octanol–water partition coefficient (Wildman–Crippen LogP) is 3.59. The first-order chi connectivity index (χ1) is 8.15. The van der Waals surface area contributed by atoms with Crippen LogP contribution in [0.15, 0.2) is 36.4 Å². The molecule has 2 nitrogen and oxygen atoms in total. The maximum Gasteiger partial charge on any atom is 0.130 e. The quantitative estimate of drug-likeness (QED) is 0.799. The molecule has 0 aliphatic rings. The van der Waals surface area contributed by atoms with Crippen LogP contribution in [0.25, 0.3) is 0 Å². The highest BCUT2D eigenvalue weighted by atomic mass is 16.5. The summed E-state index contributed by atoms with van der Waals surface area (Å²) in [6.07, 6.45) is 0. The number of nitrogens with zero attached hydrogens (tertiary/aromatic N) is 1. The Labute approximate surface area is 102 Å². The number of rotatable bonds is 3. The number of hydrogen-bond donors (Lipinski definition) is 0. The van der Waals surface area contributed by atoms with E-state index in [1.165, 1.54) is 5.56 Å². The van der Waals surface area contributed by atoms with Crippen molar-refractivity contribution in [1.82, 2.24) is 4.98 Å². The first-order valence-corrected chi connectivity index (χ1v) is 5.78. The highest BCUT2D eigenvalue weighted by Crippen LogP contribution is 2.20. The molecule has 1 aromatic heterocycles. The zero-order valence-electron chi connectivity index (χ0n) is 10.5. The smallest absolute Gasteiger partial charge is 0.130 e. The summed E-state index contributed by atoms with van der Waals surface area (Å²) >= 11 is 0. The molecule has 2 rings (SSSR count). The number of pyridine rings is 1. The Morgan fingerprint density at radius 1 is 1.06 bits per heavy atom. The van der Waals surface area contributed by atoms with Crippen LogP contribution in [0.2, 0.25) is 0 Å². The number of benzene rings is 1. The molecule has 0 radical (unpaired) electrons. The molecule has 0 aliphatic heterocycles. The van der Waals surface area contributed by atoms with Gasteiger partial charge in [0.2, 0.25) is 0 Å². The van der Waals surface area contributed by atoms with Crippen molar-refractivity contribution in [2.45, 2.75) is 27.4 Å². The van der Waals surface area contributed by atoms with Gasteiger partial charge in [-0.05, 0) is 50.1 Å². The molecule has 0 fully saturated rings. The van der Waals surface area contributed by atoms with Gasteiger partial charge in [-0.3, -0.25) is 4.98 Å². The van der Waals surface area contributed by atoms with E-state index in [-0.39, 0.29) is 0 Å². The third kappa shape index (κ3) is 3.06. The van der Waals surface area contributed by atoms with Gasteiger partial charge in [-0.15, -0.1) is 0 Å². The van der Waals surface area contributed by atoms with E-state index in [2.05, 4.69) is 37.0 Å². The molecule has 2 aromatic rings. The van der Waals surface area contributed by atoms with Gasteiger partial charge in [-0.25, -0.2) is 0 Å². The van der Waals surface area contributed by atoms with Crippen LogP contribution in [-0.4, -0.2) is 4.98 Å². The third-order valence-corrected chi connectivity index (χ3v) is 2.67. The summed E-state index contributed by atoms with van der Waals surface area (Å²) in [7, 11) is 0. The van der Waals surface area contributed by atoms with Crippen molar-refractivity contribution in [3.63, 3.8) is 0 Å². The molecule has 1 heterocycles. The average molecular weight is 227 g/mol. The van der Waals surface area contributed by atoms with E-state index in [0.29, 0.717) is 6.61 Å². The fourth-order valence-corrected chi connectivity index (χ4v) is 1.69. The number of aromatic nitrogens is 1. The minimum atomic E-state index is 0.520. The first kappa shape index (κ1) is 11.6. The van der Waals surface area contributed by atoms with Crippen LogP contribution >= 0.6 is 0 Å². The third-order valence-electron chi connectivity index (χ3n) is 2.67. The van der Waals surface area contributed by atoms with Gasteiger partial charge in [0.1, 0.15) is 12.4 Å². The average Bonchev–Trinajstić information content (AvgIpc) is 2.30. The topological polar surface area (TPSA) is 22.1 Å². The molecule has 0 unspecified atom stereocenters. The Morgan fingerprint density at radius 2 is 1.88 bits per heavy atom. The molecule has 0 atom stereocenters. The second-order valence-electron chi connectivity index (χ2n) is 4.33. The van der Waals surface area contributed by atoms with E-state index in [4.69, 9.17) is 4.74 Å². The molecule has 0 saturated carbocycles. The molecule has 17 heavy (non-hydrogen) atoms. The lowest BCUT2D eigenvalue weighted by Crippen LogP contribution is -2.00. The molecule has 0 saturated heterocycles. The lowest BCUT2D eigenvalue weighted by Gasteiger charge is -2.09. The van der Waals surface area contributed by atoms with Crippen LogP contribution in [0.4, 0.5) is 0 Å². The number of aryl methyl sites for hydroxylation is 3. The van der Waals surface area contributed by atoms with Gasteiger partial charge in [0.05, 0.1) is 5.69 Å². The summed E-state index contributed by atoms with van der Waals surface area (Å²) in [6.45, 7) is 6.63. The van der Waals surface area contributed by atoms with Crippen molar-refractivity contribution < 1.29 is 4.74 Å². The van der Waals surface area contributed by atoms with Crippen molar-refractivity contribution in [3.8, 4) is 5.75 Å². The van der Waals surface area contributed by atoms with Gasteiger partial charge in [0.25, 0.3) is 0 Å². The zero-order valence-corrected chi connectivity index (χ0v) is 10.5. The van der Waals surface area contributed by atoms with Gasteiger partial charge in [-0.1, -0.05) is 18.2 Å². The normalized spacial score (nSPS) is 10.3. The van der Waals surface area contributed by atoms with E-state index in [9.17, 15) is 0 Å². The molecular weight excluding hydrogens is 210 g/mol. The second kappa shape index (κ2) is 5.00. The fraction of sp³-hybridized carbons (Fsp3) is 0.267. The summed E-state index contributed by atoms with van der Waals surface area (Å²) in [6, 6.07) is 12.2. The Bertz CT molecular complexity index is 520. The molecular formula is C15H17NO. The Hall–Kier alpha value is -1.83. The van der Waals surface area contributed by atoms with Crippen LogP contribution in [-0.2, 0) is 6.61 Å². The van der Waals surface area contributed by atoms with Crippen molar-refractivity contribution in [2.24, 2.45) is 0 Å². The van der Waals surface area contributed by atoms with E-state index in [1.54, 1.807) is 0 Å². The van der Waals surface area contributed by atoms with Crippen molar-refractivity contribution in [3.05, 3.63) is 58.9 Å². The molecule has 1 aromatic carbocycles. The number of hydrogen-bond acceptors (Lipinski definition) is 2. The van der Waals surface area contributed by atoms with Crippen LogP contribution < -0.4 is 4.74 Å². The standard InChI is InChI=1S/C15H17NO/c1-11-7-8-12(2)15(9-11)17-10-14-6-4-5-13(3)16-14/h4-9H,10H2,1-3H3. The van der Waals surface area contributed by atoms with Gasteiger partial charge in [-0.2, -0.15) is 0 Å². The van der Waals surface area contributed by atoms with Crippen LogP contribution in [0.1, 0.15) is 22.5 Å². The summed E-state index contributed by atoms with van der Waals surface area (Å²) in [4.78, 5) is 4.42. The lowest BCUT2D eigenvalue weighted by atomic mass is 10.1. The van der Waals surface area contributed by atoms with E-state index < -0.39 is 0 Å². The van der Waals surface area contributed by atoms with Crippen molar-refractivity contribution in [1.29, 1.82) is 0 Å². The monoisotopic (exact) mass is 227 g/mol. The molecule has 0 aliphatic carbocycles. The largest absolute Gasteiger partial charge is 0.487 e. The summed E-state index contributed by atoms with van der Waals surface area (Å²) in [5, 5.41) is 0. The molecule has 0 amide bonds. The SMILES string of the molecule is Cc1ccc(C)c(OCc2cccc(C)n2)c1. The summed E-state index contributed by atoms with van der Waals surface area (Å²) in [5.74, 6) is 0.938. The highest BCUT2D eigenvalue weighted by molar-refractivity contribution is 5.36. The van der Waals surface area contributed by atoms with Crippen molar-refractivity contribution in [2.75, 3.05) is 0 Å². The van der Waals surface area contributed by atoms with E-state index >= 15 is 0 Å². The lowest BCUT2D eigenvalue weighted by molar-refractivity contribution is 0.299. The maximum absolute atomic E-state index is 5.80. The Morgan fingerprint density at radius 3 is 2.65 bits per heavy atom. The van der Waals surface area contributed by atoms with Gasteiger partial charge < -0.3 is 4.74 Å². The highest BCUT2D eigenvalue weighted by Gasteiger charge is 2.01. The van der Waals surface area contributed by atoms with Gasteiger partial charge in [0, 0.05) is 5.69 Å². The van der Waals surface area contributed by atoms with Gasteiger partial charge in [0.15, 0.2) is 0 Å². The number of ether oxygens (including phenoxy) is 1. The minimum Gasteiger partial charge on any atom is -0.487 e. The Kier molecular flexibility index (Phi) is 3.43. The molecule has 2 heteroatoms. The van der Waals surface area contributed by atoms with E-state index in [0.717, 1.165) is 22.7 Å². The van der Waals surface area contributed by atoms with E-state index in [1.807, 2.05) is 25.1 Å². The second-order valence-corrected chi connectivity index (χ2v) is 4.33. The summed E-state index contributed by atoms with van der Waals surface area (Å²) in [5.41, 5.74) is 4.35. The van der Waals surface area contributed by atoms with Crippen LogP contribution in [0.5, 0.6) is 5.75 Å². The van der Waals surface area contributed by atoms with Gasteiger partial charge >= 0.3 is 0 Å². The fourth-order valence-electron chi connectivity index (χ4n) is 1.69.